The highest BCUT2D eigenvalue weighted by Gasteiger charge is 2.19. The summed E-state index contributed by atoms with van der Waals surface area (Å²) in [6, 6.07) is 7.18. The van der Waals surface area contributed by atoms with Crippen molar-refractivity contribution in [1.82, 2.24) is 10.6 Å². The van der Waals surface area contributed by atoms with Gasteiger partial charge in [-0.15, -0.1) is 0 Å². The van der Waals surface area contributed by atoms with Crippen molar-refractivity contribution in [3.8, 4) is 0 Å². The van der Waals surface area contributed by atoms with Gasteiger partial charge in [0.25, 0.3) is 0 Å². The zero-order valence-electron chi connectivity index (χ0n) is 9.72. The van der Waals surface area contributed by atoms with E-state index in [9.17, 15) is 0 Å². The van der Waals surface area contributed by atoms with Crippen molar-refractivity contribution in [3.63, 3.8) is 0 Å². The third-order valence-electron chi connectivity index (χ3n) is 3.01. The van der Waals surface area contributed by atoms with Gasteiger partial charge in [0.05, 0.1) is 0 Å². The van der Waals surface area contributed by atoms with Crippen molar-refractivity contribution in [3.05, 3.63) is 33.8 Å². The van der Waals surface area contributed by atoms with Gasteiger partial charge >= 0.3 is 0 Å². The molecule has 2 rings (SSSR count). The lowest BCUT2D eigenvalue weighted by Gasteiger charge is -2.09. The number of rotatable bonds is 6. The molecule has 0 aromatic heterocycles. The largest absolute Gasteiger partial charge is 0.313 e. The minimum absolute atomic E-state index is 0.814. The number of hydrogen-bond acceptors (Lipinski definition) is 2. The van der Waals surface area contributed by atoms with Crippen LogP contribution in [-0.2, 0) is 6.54 Å². The van der Waals surface area contributed by atoms with Crippen molar-refractivity contribution in [2.45, 2.75) is 32.4 Å². The summed E-state index contributed by atoms with van der Waals surface area (Å²) in [6.45, 7) is 5.24. The van der Waals surface area contributed by atoms with Gasteiger partial charge < -0.3 is 10.6 Å². The molecule has 88 valence electrons. The van der Waals surface area contributed by atoms with Gasteiger partial charge in [-0.25, -0.2) is 0 Å². The SMILES string of the molecule is Cc1c(Br)cccc1CNCCNC1CC1. The molecule has 2 N–H and O–H groups in total. The van der Waals surface area contributed by atoms with E-state index in [0.717, 1.165) is 25.7 Å². The first-order chi connectivity index (χ1) is 7.77. The number of benzene rings is 1. The van der Waals surface area contributed by atoms with Gasteiger partial charge in [-0.05, 0) is 37.0 Å². The lowest BCUT2D eigenvalue weighted by Crippen LogP contribution is -2.28. The summed E-state index contributed by atoms with van der Waals surface area (Å²) < 4.78 is 1.20. The molecule has 0 amide bonds. The molecule has 16 heavy (non-hydrogen) atoms. The summed E-state index contributed by atoms with van der Waals surface area (Å²) in [7, 11) is 0. The van der Waals surface area contributed by atoms with Crippen LogP contribution in [0.1, 0.15) is 24.0 Å². The van der Waals surface area contributed by atoms with Gasteiger partial charge in [0.2, 0.25) is 0 Å². The van der Waals surface area contributed by atoms with Gasteiger partial charge in [0, 0.05) is 30.1 Å². The predicted molar refractivity (Wildman–Crippen MR) is 71.6 cm³/mol. The van der Waals surface area contributed by atoms with Crippen molar-refractivity contribution in [1.29, 1.82) is 0 Å². The monoisotopic (exact) mass is 282 g/mol. The molecule has 1 fully saturated rings. The molecule has 0 aliphatic heterocycles. The average Bonchev–Trinajstić information content (AvgIpc) is 3.07. The van der Waals surface area contributed by atoms with Crippen LogP contribution in [0.3, 0.4) is 0 Å². The van der Waals surface area contributed by atoms with Crippen molar-refractivity contribution < 1.29 is 0 Å². The molecular formula is C13H19BrN2. The molecule has 1 aliphatic carbocycles. The second-order valence-electron chi connectivity index (χ2n) is 4.43. The quantitative estimate of drug-likeness (QED) is 0.784. The normalized spacial score (nSPS) is 15.4. The van der Waals surface area contributed by atoms with Gasteiger partial charge in [-0.2, -0.15) is 0 Å². The Hall–Kier alpha value is -0.380. The maximum absolute atomic E-state index is 3.56. The van der Waals surface area contributed by atoms with Crippen LogP contribution in [0.4, 0.5) is 0 Å². The van der Waals surface area contributed by atoms with Gasteiger partial charge in [0.1, 0.15) is 0 Å². The molecule has 1 saturated carbocycles. The van der Waals surface area contributed by atoms with Crippen LogP contribution in [-0.4, -0.2) is 19.1 Å². The zero-order chi connectivity index (χ0) is 11.4. The Balaban J connectivity index is 1.69. The molecule has 1 aromatic carbocycles. The fourth-order valence-corrected chi connectivity index (χ4v) is 2.13. The van der Waals surface area contributed by atoms with E-state index in [2.05, 4.69) is 51.7 Å². The third kappa shape index (κ3) is 3.58. The summed E-state index contributed by atoms with van der Waals surface area (Å²) in [5.74, 6) is 0. The Labute approximate surface area is 106 Å². The Bertz CT molecular complexity index is 348. The lowest BCUT2D eigenvalue weighted by atomic mass is 10.1. The van der Waals surface area contributed by atoms with Crippen LogP contribution in [0.2, 0.25) is 0 Å². The van der Waals surface area contributed by atoms with E-state index in [1.807, 2.05) is 0 Å². The Morgan fingerprint density at radius 1 is 1.31 bits per heavy atom. The molecule has 0 unspecified atom stereocenters. The molecule has 0 radical (unpaired) electrons. The maximum Gasteiger partial charge on any atom is 0.0209 e. The van der Waals surface area contributed by atoms with E-state index < -0.39 is 0 Å². The summed E-state index contributed by atoms with van der Waals surface area (Å²) in [4.78, 5) is 0. The van der Waals surface area contributed by atoms with Gasteiger partial charge in [-0.3, -0.25) is 0 Å². The molecule has 2 nitrogen and oxygen atoms in total. The highest BCUT2D eigenvalue weighted by Crippen LogP contribution is 2.19. The van der Waals surface area contributed by atoms with Crippen LogP contribution >= 0.6 is 15.9 Å². The van der Waals surface area contributed by atoms with E-state index >= 15 is 0 Å². The minimum Gasteiger partial charge on any atom is -0.313 e. The molecule has 0 spiro atoms. The Morgan fingerprint density at radius 2 is 2.12 bits per heavy atom. The van der Waals surface area contributed by atoms with E-state index in [0.29, 0.717) is 0 Å². The highest BCUT2D eigenvalue weighted by molar-refractivity contribution is 9.10. The molecule has 0 saturated heterocycles. The van der Waals surface area contributed by atoms with Crippen LogP contribution in [0.5, 0.6) is 0 Å². The lowest BCUT2D eigenvalue weighted by molar-refractivity contribution is 0.607. The summed E-state index contributed by atoms with van der Waals surface area (Å²) in [5, 5.41) is 6.97. The van der Waals surface area contributed by atoms with Gasteiger partial charge in [0.15, 0.2) is 0 Å². The fourth-order valence-electron chi connectivity index (χ4n) is 1.72. The average molecular weight is 283 g/mol. The third-order valence-corrected chi connectivity index (χ3v) is 3.87. The molecule has 0 bridgehead atoms. The van der Waals surface area contributed by atoms with E-state index in [1.54, 1.807) is 0 Å². The Kier molecular flexibility index (Phi) is 4.38. The summed E-state index contributed by atoms with van der Waals surface area (Å²) >= 11 is 3.56. The topological polar surface area (TPSA) is 24.1 Å². The van der Waals surface area contributed by atoms with Crippen molar-refractivity contribution in [2.75, 3.05) is 13.1 Å². The fraction of sp³-hybridized carbons (Fsp3) is 0.538. The maximum atomic E-state index is 3.56. The van der Waals surface area contributed by atoms with Crippen LogP contribution < -0.4 is 10.6 Å². The van der Waals surface area contributed by atoms with Crippen molar-refractivity contribution >= 4 is 15.9 Å². The molecule has 0 heterocycles. The summed E-state index contributed by atoms with van der Waals surface area (Å²) in [5.41, 5.74) is 2.71. The molecule has 0 atom stereocenters. The molecule has 3 heteroatoms. The first-order valence-corrected chi connectivity index (χ1v) is 6.75. The van der Waals surface area contributed by atoms with Crippen molar-refractivity contribution in [2.24, 2.45) is 0 Å². The number of hydrogen-bond donors (Lipinski definition) is 2. The van der Waals surface area contributed by atoms with E-state index in [1.165, 1.54) is 28.4 Å². The minimum atomic E-state index is 0.814. The Morgan fingerprint density at radius 3 is 2.88 bits per heavy atom. The smallest absolute Gasteiger partial charge is 0.0209 e. The first-order valence-electron chi connectivity index (χ1n) is 5.95. The second kappa shape index (κ2) is 5.80. The molecule has 1 aromatic rings. The van der Waals surface area contributed by atoms with E-state index in [-0.39, 0.29) is 0 Å². The van der Waals surface area contributed by atoms with Crippen LogP contribution in [0, 0.1) is 6.92 Å². The van der Waals surface area contributed by atoms with E-state index in [4.69, 9.17) is 0 Å². The molecule has 1 aliphatic rings. The van der Waals surface area contributed by atoms with Crippen LogP contribution in [0.15, 0.2) is 22.7 Å². The summed E-state index contributed by atoms with van der Waals surface area (Å²) in [6.07, 6.45) is 2.73. The van der Waals surface area contributed by atoms with Crippen LogP contribution in [0.25, 0.3) is 0 Å². The standard InChI is InChI=1S/C13H19BrN2/c1-10-11(3-2-4-13(10)14)9-15-7-8-16-12-5-6-12/h2-4,12,15-16H,5-9H2,1H3. The zero-order valence-corrected chi connectivity index (χ0v) is 11.3. The first kappa shape index (κ1) is 12.1. The van der Waals surface area contributed by atoms with Gasteiger partial charge in [-0.1, -0.05) is 28.1 Å². The number of halogens is 1. The second-order valence-corrected chi connectivity index (χ2v) is 5.28. The predicted octanol–water partition coefficient (Wildman–Crippen LogP) is 2.60. The molecular weight excluding hydrogens is 264 g/mol. The number of nitrogens with one attached hydrogen (secondary N) is 2. The highest BCUT2D eigenvalue weighted by atomic mass is 79.9.